The summed E-state index contributed by atoms with van der Waals surface area (Å²) >= 11 is 0. The average Bonchev–Trinajstić information content (AvgIpc) is 2.63. The van der Waals surface area contributed by atoms with E-state index in [2.05, 4.69) is 31.3 Å². The van der Waals surface area contributed by atoms with Gasteiger partial charge in [-0.3, -0.25) is 4.79 Å². The minimum Gasteiger partial charge on any atom is -0.484 e. The molecule has 0 unspecified atom stereocenters. The molecule has 0 atom stereocenters. The SMILES string of the molecule is CC(/C=C\c1ccccc1)=NNC(=O)COc1ccc(C(C)(C)C)cc1. The fourth-order valence-corrected chi connectivity index (χ4v) is 2.20. The third-order valence-corrected chi connectivity index (χ3v) is 3.76. The second kappa shape index (κ2) is 8.99. The van der Waals surface area contributed by atoms with Crippen molar-refractivity contribution in [1.82, 2.24) is 5.43 Å². The molecule has 0 fully saturated rings. The first-order valence-electron chi connectivity index (χ1n) is 8.64. The normalized spacial score (nSPS) is 12.2. The molecule has 0 radical (unpaired) electrons. The predicted octanol–water partition coefficient (Wildman–Crippen LogP) is 4.57. The highest BCUT2D eigenvalue weighted by atomic mass is 16.5. The van der Waals surface area contributed by atoms with E-state index in [1.165, 1.54) is 5.56 Å². The van der Waals surface area contributed by atoms with Gasteiger partial charge >= 0.3 is 0 Å². The Hall–Kier alpha value is -2.88. The van der Waals surface area contributed by atoms with Gasteiger partial charge in [-0.05, 0) is 41.7 Å². The van der Waals surface area contributed by atoms with Crippen molar-refractivity contribution in [1.29, 1.82) is 0 Å². The van der Waals surface area contributed by atoms with Crippen molar-refractivity contribution in [2.24, 2.45) is 5.10 Å². The van der Waals surface area contributed by atoms with Crippen LogP contribution < -0.4 is 10.2 Å². The zero-order valence-electron chi connectivity index (χ0n) is 15.8. The average molecular weight is 350 g/mol. The second-order valence-electron chi connectivity index (χ2n) is 7.10. The molecule has 0 aliphatic heterocycles. The van der Waals surface area contributed by atoms with E-state index in [0.717, 1.165) is 5.56 Å². The summed E-state index contributed by atoms with van der Waals surface area (Å²) in [5.74, 6) is 0.371. The van der Waals surface area contributed by atoms with Gasteiger partial charge in [0.25, 0.3) is 5.91 Å². The van der Waals surface area contributed by atoms with Gasteiger partial charge in [0.05, 0.1) is 5.71 Å². The van der Waals surface area contributed by atoms with Gasteiger partial charge in [0.1, 0.15) is 5.75 Å². The van der Waals surface area contributed by atoms with Gasteiger partial charge in [-0.25, -0.2) is 5.43 Å². The zero-order chi connectivity index (χ0) is 19.0. The van der Waals surface area contributed by atoms with Crippen molar-refractivity contribution in [3.8, 4) is 5.75 Å². The van der Waals surface area contributed by atoms with Gasteiger partial charge in [-0.15, -0.1) is 0 Å². The Morgan fingerprint density at radius 3 is 2.35 bits per heavy atom. The van der Waals surface area contributed by atoms with E-state index in [1.54, 1.807) is 0 Å². The maximum absolute atomic E-state index is 11.9. The van der Waals surface area contributed by atoms with E-state index in [9.17, 15) is 4.79 Å². The van der Waals surface area contributed by atoms with E-state index >= 15 is 0 Å². The molecule has 0 aliphatic rings. The van der Waals surface area contributed by atoms with Crippen molar-refractivity contribution in [3.63, 3.8) is 0 Å². The summed E-state index contributed by atoms with van der Waals surface area (Å²) < 4.78 is 5.50. The molecule has 1 amide bonds. The molecule has 26 heavy (non-hydrogen) atoms. The summed E-state index contributed by atoms with van der Waals surface area (Å²) in [5, 5.41) is 4.05. The van der Waals surface area contributed by atoms with Gasteiger partial charge in [0.2, 0.25) is 0 Å². The number of hydrogen-bond acceptors (Lipinski definition) is 3. The molecule has 0 saturated carbocycles. The highest BCUT2D eigenvalue weighted by Gasteiger charge is 2.13. The Bertz CT molecular complexity index is 770. The Balaban J connectivity index is 1.80. The molecular formula is C22H26N2O2. The molecule has 0 heterocycles. The van der Waals surface area contributed by atoms with Crippen LogP contribution >= 0.6 is 0 Å². The van der Waals surface area contributed by atoms with Crippen molar-refractivity contribution in [2.75, 3.05) is 6.61 Å². The molecule has 0 spiro atoms. The van der Waals surface area contributed by atoms with Gasteiger partial charge in [0, 0.05) is 0 Å². The van der Waals surface area contributed by atoms with Crippen LogP contribution in [0.15, 0.2) is 65.8 Å². The highest BCUT2D eigenvalue weighted by Crippen LogP contribution is 2.24. The Morgan fingerprint density at radius 1 is 1.08 bits per heavy atom. The number of carbonyl (C=O) groups excluding carboxylic acids is 1. The number of ether oxygens (including phenoxy) is 1. The van der Waals surface area contributed by atoms with Crippen molar-refractivity contribution in [3.05, 3.63) is 71.8 Å². The first kappa shape index (κ1) is 19.4. The standard InChI is InChI=1S/C22H26N2O2/c1-17(10-11-18-8-6-5-7-9-18)23-24-21(25)16-26-20-14-12-19(13-15-20)22(2,3)4/h5-15H,16H2,1-4H3,(H,24,25)/b11-10-,23-17?. The fourth-order valence-electron chi connectivity index (χ4n) is 2.20. The number of nitrogens with one attached hydrogen (secondary N) is 1. The molecule has 2 aromatic rings. The predicted molar refractivity (Wildman–Crippen MR) is 107 cm³/mol. The molecule has 0 bridgehead atoms. The molecule has 2 rings (SSSR count). The Kier molecular flexibility index (Phi) is 6.73. The quantitative estimate of drug-likeness (QED) is 0.613. The van der Waals surface area contributed by atoms with Gasteiger partial charge in [-0.1, -0.05) is 69.3 Å². The van der Waals surface area contributed by atoms with E-state index in [4.69, 9.17) is 4.74 Å². The minimum atomic E-state index is -0.294. The van der Waals surface area contributed by atoms with Crippen molar-refractivity contribution in [2.45, 2.75) is 33.1 Å². The van der Waals surface area contributed by atoms with E-state index in [1.807, 2.05) is 73.7 Å². The lowest BCUT2D eigenvalue weighted by Gasteiger charge is -2.19. The topological polar surface area (TPSA) is 50.7 Å². The summed E-state index contributed by atoms with van der Waals surface area (Å²) in [5.41, 5.74) is 5.60. The summed E-state index contributed by atoms with van der Waals surface area (Å²) in [4.78, 5) is 11.9. The maximum Gasteiger partial charge on any atom is 0.277 e. The number of rotatable bonds is 6. The fraction of sp³-hybridized carbons (Fsp3) is 0.273. The van der Waals surface area contributed by atoms with Crippen LogP contribution in [-0.4, -0.2) is 18.2 Å². The van der Waals surface area contributed by atoms with E-state index in [0.29, 0.717) is 11.5 Å². The third kappa shape index (κ3) is 6.55. The minimum absolute atomic E-state index is 0.0754. The first-order chi connectivity index (χ1) is 12.3. The van der Waals surface area contributed by atoms with Gasteiger partial charge < -0.3 is 4.74 Å². The zero-order valence-corrected chi connectivity index (χ0v) is 15.8. The molecule has 4 heteroatoms. The molecule has 4 nitrogen and oxygen atoms in total. The van der Waals surface area contributed by atoms with Crippen LogP contribution in [0.3, 0.4) is 0 Å². The van der Waals surface area contributed by atoms with Crippen LogP contribution in [0.1, 0.15) is 38.8 Å². The van der Waals surface area contributed by atoms with E-state index in [-0.39, 0.29) is 17.9 Å². The largest absolute Gasteiger partial charge is 0.484 e. The van der Waals surface area contributed by atoms with Crippen LogP contribution in [0, 0.1) is 0 Å². The monoisotopic (exact) mass is 350 g/mol. The number of hydrogen-bond donors (Lipinski definition) is 1. The molecule has 0 saturated heterocycles. The number of carbonyl (C=O) groups is 1. The van der Waals surface area contributed by atoms with Crippen LogP contribution in [0.2, 0.25) is 0 Å². The molecule has 136 valence electrons. The lowest BCUT2D eigenvalue weighted by atomic mass is 9.87. The summed E-state index contributed by atoms with van der Waals surface area (Å²) in [7, 11) is 0. The third-order valence-electron chi connectivity index (χ3n) is 3.76. The summed E-state index contributed by atoms with van der Waals surface area (Å²) in [6.45, 7) is 8.22. The van der Waals surface area contributed by atoms with Crippen LogP contribution in [0.4, 0.5) is 0 Å². The number of allylic oxidation sites excluding steroid dienone is 1. The van der Waals surface area contributed by atoms with Crippen LogP contribution in [-0.2, 0) is 10.2 Å². The van der Waals surface area contributed by atoms with Crippen LogP contribution in [0.25, 0.3) is 6.08 Å². The lowest BCUT2D eigenvalue weighted by molar-refractivity contribution is -0.123. The summed E-state index contributed by atoms with van der Waals surface area (Å²) in [6, 6.07) is 17.7. The number of amides is 1. The Labute approximate surface area is 155 Å². The van der Waals surface area contributed by atoms with E-state index < -0.39 is 0 Å². The van der Waals surface area contributed by atoms with Gasteiger partial charge in [0.15, 0.2) is 6.61 Å². The number of hydrazone groups is 1. The van der Waals surface area contributed by atoms with Crippen molar-refractivity contribution >= 4 is 17.7 Å². The van der Waals surface area contributed by atoms with Crippen LogP contribution in [0.5, 0.6) is 5.75 Å². The number of benzene rings is 2. The highest BCUT2D eigenvalue weighted by molar-refractivity contribution is 5.97. The molecule has 0 aliphatic carbocycles. The molecular weight excluding hydrogens is 324 g/mol. The lowest BCUT2D eigenvalue weighted by Crippen LogP contribution is -2.25. The molecule has 0 aromatic heterocycles. The van der Waals surface area contributed by atoms with Crippen molar-refractivity contribution < 1.29 is 9.53 Å². The van der Waals surface area contributed by atoms with Gasteiger partial charge in [-0.2, -0.15) is 5.10 Å². The Morgan fingerprint density at radius 2 is 1.73 bits per heavy atom. The maximum atomic E-state index is 11.9. The first-order valence-corrected chi connectivity index (χ1v) is 8.64. The smallest absolute Gasteiger partial charge is 0.277 e. The number of nitrogens with zero attached hydrogens (tertiary/aromatic N) is 1. The molecule has 2 aromatic carbocycles. The molecule has 1 N–H and O–H groups in total. The summed E-state index contributed by atoms with van der Waals surface area (Å²) in [6.07, 6.45) is 3.79. The second-order valence-corrected chi connectivity index (χ2v) is 7.10.